The van der Waals surface area contributed by atoms with Gasteiger partial charge in [-0.2, -0.15) is 13.2 Å². The van der Waals surface area contributed by atoms with Crippen LogP contribution in [0, 0.1) is 10.1 Å². The number of non-ortho nitro benzene ring substituents is 1. The van der Waals surface area contributed by atoms with E-state index in [0.29, 0.717) is 5.75 Å². The number of nitro groups is 1. The predicted molar refractivity (Wildman–Crippen MR) is 134 cm³/mol. The third kappa shape index (κ3) is 5.72. The van der Waals surface area contributed by atoms with Gasteiger partial charge in [0.1, 0.15) is 22.7 Å². The molecule has 0 bridgehead atoms. The van der Waals surface area contributed by atoms with Crippen molar-refractivity contribution in [1.82, 2.24) is 9.71 Å². The number of carbonyl (C=O) groups excluding carboxylic acids is 1. The topological polar surface area (TPSA) is 153 Å². The van der Waals surface area contributed by atoms with Gasteiger partial charge in [0.05, 0.1) is 29.6 Å². The van der Waals surface area contributed by atoms with E-state index >= 15 is 0 Å². The van der Waals surface area contributed by atoms with E-state index in [1.165, 1.54) is 50.6 Å². The summed E-state index contributed by atoms with van der Waals surface area (Å²) in [5.74, 6) is -0.826. The van der Waals surface area contributed by atoms with Crippen LogP contribution in [0.4, 0.5) is 30.2 Å². The monoisotopic (exact) mass is 564 g/mol. The molecule has 0 saturated heterocycles. The number of methoxy groups -OCH3 is 2. The van der Waals surface area contributed by atoms with Crippen LogP contribution < -0.4 is 19.5 Å². The number of nitrogens with zero attached hydrogens (tertiary/aromatic N) is 1. The number of nitrogens with one attached hydrogen (secondary N) is 3. The van der Waals surface area contributed by atoms with Crippen molar-refractivity contribution in [3.05, 3.63) is 82.0 Å². The summed E-state index contributed by atoms with van der Waals surface area (Å²) < 4.78 is 77.2. The average molecular weight is 564 g/mol. The Morgan fingerprint density at radius 3 is 2.23 bits per heavy atom. The molecule has 0 fully saturated rings. The van der Waals surface area contributed by atoms with Gasteiger partial charge in [-0.1, -0.05) is 0 Å². The van der Waals surface area contributed by atoms with Crippen LogP contribution in [-0.4, -0.2) is 38.5 Å². The zero-order chi connectivity index (χ0) is 28.5. The number of rotatable bonds is 8. The van der Waals surface area contributed by atoms with Crippen LogP contribution in [0.2, 0.25) is 0 Å². The number of aromatic amines is 1. The van der Waals surface area contributed by atoms with E-state index in [0.717, 1.165) is 24.3 Å². The Hall–Kier alpha value is -4.79. The Balaban J connectivity index is 1.73. The molecule has 39 heavy (non-hydrogen) atoms. The van der Waals surface area contributed by atoms with Crippen molar-refractivity contribution in [2.24, 2.45) is 0 Å². The molecular weight excluding hydrogens is 545 g/mol. The third-order valence-corrected chi connectivity index (χ3v) is 6.91. The summed E-state index contributed by atoms with van der Waals surface area (Å²) in [5.41, 5.74) is -1.90. The van der Waals surface area contributed by atoms with Crippen molar-refractivity contribution in [2.45, 2.75) is 11.1 Å². The molecular formula is C24H19F3N4O7S. The highest BCUT2D eigenvalue weighted by Crippen LogP contribution is 2.37. The standard InChI is InChI=1S/C24H19F3N4O7S/c1-37-15-3-5-17(6-4-15)39(35,36)30-23(32)20-12-18-19(7-8-21(31(33)34)22(18)29-20)28-14-9-13(24(25,26)27)10-16(11-14)38-2/h3-12,28-29H,1-2H3,(H,30,32). The molecule has 11 nitrogen and oxygen atoms in total. The van der Waals surface area contributed by atoms with Crippen molar-refractivity contribution in [2.75, 3.05) is 19.5 Å². The first-order chi connectivity index (χ1) is 18.3. The Bertz CT molecular complexity index is 1680. The second kappa shape index (κ2) is 10.2. The lowest BCUT2D eigenvalue weighted by atomic mass is 10.1. The number of amides is 1. The quantitative estimate of drug-likeness (QED) is 0.200. The number of aromatic nitrogens is 1. The number of halogens is 3. The molecule has 0 saturated carbocycles. The van der Waals surface area contributed by atoms with Crippen molar-refractivity contribution < 1.29 is 40.8 Å². The summed E-state index contributed by atoms with van der Waals surface area (Å²) in [6, 6.07) is 11.6. The number of hydrogen-bond donors (Lipinski definition) is 3. The molecule has 0 unspecified atom stereocenters. The van der Waals surface area contributed by atoms with E-state index < -0.39 is 38.3 Å². The van der Waals surface area contributed by atoms with Gasteiger partial charge >= 0.3 is 6.18 Å². The van der Waals surface area contributed by atoms with Gasteiger partial charge in [0.25, 0.3) is 21.6 Å². The van der Waals surface area contributed by atoms with Crippen LogP contribution >= 0.6 is 0 Å². The Labute approximate surface area is 218 Å². The molecule has 4 rings (SSSR count). The molecule has 0 aliphatic carbocycles. The molecule has 0 aliphatic rings. The van der Waals surface area contributed by atoms with Crippen LogP contribution in [-0.2, 0) is 16.2 Å². The zero-order valence-corrected chi connectivity index (χ0v) is 20.9. The summed E-state index contributed by atoms with van der Waals surface area (Å²) in [4.78, 5) is 26.0. The van der Waals surface area contributed by atoms with Crippen LogP contribution in [0.5, 0.6) is 11.5 Å². The summed E-state index contributed by atoms with van der Waals surface area (Å²) in [5, 5.41) is 14.4. The van der Waals surface area contributed by atoms with Gasteiger partial charge in [-0.25, -0.2) is 13.1 Å². The lowest BCUT2D eigenvalue weighted by Crippen LogP contribution is -2.30. The normalized spacial score (nSPS) is 11.7. The first-order valence-corrected chi connectivity index (χ1v) is 12.4. The fraction of sp³-hybridized carbons (Fsp3) is 0.125. The molecule has 0 radical (unpaired) electrons. The molecule has 0 aliphatic heterocycles. The number of H-pyrrole nitrogens is 1. The van der Waals surface area contributed by atoms with E-state index in [2.05, 4.69) is 10.3 Å². The summed E-state index contributed by atoms with van der Waals surface area (Å²) in [6.07, 6.45) is -4.68. The van der Waals surface area contributed by atoms with Crippen LogP contribution in [0.3, 0.4) is 0 Å². The van der Waals surface area contributed by atoms with Gasteiger partial charge in [-0.15, -0.1) is 0 Å². The number of alkyl halides is 3. The highest BCUT2D eigenvalue weighted by atomic mass is 32.2. The maximum Gasteiger partial charge on any atom is 0.416 e. The highest BCUT2D eigenvalue weighted by molar-refractivity contribution is 7.90. The summed E-state index contributed by atoms with van der Waals surface area (Å²) >= 11 is 0. The number of anilines is 2. The molecule has 0 spiro atoms. The highest BCUT2D eigenvalue weighted by Gasteiger charge is 2.32. The van der Waals surface area contributed by atoms with Gasteiger partial charge in [0, 0.05) is 28.9 Å². The fourth-order valence-electron chi connectivity index (χ4n) is 3.69. The Kier molecular flexibility index (Phi) is 7.10. The van der Waals surface area contributed by atoms with Crippen LogP contribution in [0.15, 0.2) is 65.6 Å². The molecule has 1 heterocycles. The zero-order valence-electron chi connectivity index (χ0n) is 20.1. The van der Waals surface area contributed by atoms with Gasteiger partial charge in [-0.3, -0.25) is 14.9 Å². The van der Waals surface area contributed by atoms with E-state index in [9.17, 15) is 36.5 Å². The first kappa shape index (κ1) is 27.3. The minimum atomic E-state index is -4.68. The fourth-order valence-corrected chi connectivity index (χ4v) is 4.65. The van der Waals surface area contributed by atoms with Crippen molar-refractivity contribution in [1.29, 1.82) is 0 Å². The third-order valence-electron chi connectivity index (χ3n) is 5.56. The molecule has 15 heteroatoms. The number of benzene rings is 3. The Morgan fingerprint density at radius 1 is 0.974 bits per heavy atom. The molecule has 204 valence electrons. The number of fused-ring (bicyclic) bond motifs is 1. The van der Waals surface area contributed by atoms with E-state index in [-0.39, 0.29) is 38.6 Å². The van der Waals surface area contributed by atoms with Crippen LogP contribution in [0.25, 0.3) is 10.9 Å². The lowest BCUT2D eigenvalue weighted by molar-refractivity contribution is -0.383. The average Bonchev–Trinajstić information content (AvgIpc) is 3.34. The molecule has 0 atom stereocenters. The van der Waals surface area contributed by atoms with Crippen molar-refractivity contribution in [3.8, 4) is 11.5 Å². The molecule has 3 aromatic carbocycles. The van der Waals surface area contributed by atoms with Gasteiger partial charge < -0.3 is 19.8 Å². The van der Waals surface area contributed by atoms with Crippen molar-refractivity contribution in [3.63, 3.8) is 0 Å². The molecule has 1 amide bonds. The second-order valence-corrected chi connectivity index (χ2v) is 9.73. The minimum Gasteiger partial charge on any atom is -0.497 e. The number of carbonyl (C=O) groups is 1. The maximum atomic E-state index is 13.3. The van der Waals surface area contributed by atoms with Gasteiger partial charge in [0.2, 0.25) is 0 Å². The Morgan fingerprint density at radius 2 is 1.64 bits per heavy atom. The summed E-state index contributed by atoms with van der Waals surface area (Å²) in [7, 11) is -1.74. The molecule has 3 N–H and O–H groups in total. The van der Waals surface area contributed by atoms with Gasteiger partial charge in [-0.05, 0) is 48.5 Å². The maximum absolute atomic E-state index is 13.3. The van der Waals surface area contributed by atoms with Crippen molar-refractivity contribution >= 4 is 43.9 Å². The predicted octanol–water partition coefficient (Wildman–Crippen LogP) is 4.97. The first-order valence-electron chi connectivity index (χ1n) is 10.9. The number of ether oxygens (including phenoxy) is 2. The smallest absolute Gasteiger partial charge is 0.416 e. The molecule has 1 aromatic heterocycles. The number of sulfonamides is 1. The second-order valence-electron chi connectivity index (χ2n) is 8.04. The van der Waals surface area contributed by atoms with Gasteiger partial charge in [0.15, 0.2) is 0 Å². The minimum absolute atomic E-state index is 0.0487. The number of nitro benzene ring substituents is 1. The largest absolute Gasteiger partial charge is 0.497 e. The van der Waals surface area contributed by atoms with E-state index in [1.54, 1.807) is 0 Å². The SMILES string of the molecule is COc1ccc(S(=O)(=O)NC(=O)c2cc3c(Nc4cc(OC)cc(C(F)(F)F)c4)ccc([N+](=O)[O-])c3[nH]2)cc1. The van der Waals surface area contributed by atoms with E-state index in [1.807, 2.05) is 4.72 Å². The summed E-state index contributed by atoms with van der Waals surface area (Å²) in [6.45, 7) is 0. The molecule has 4 aromatic rings. The number of hydrogen-bond acceptors (Lipinski definition) is 8. The van der Waals surface area contributed by atoms with E-state index in [4.69, 9.17) is 9.47 Å². The lowest BCUT2D eigenvalue weighted by Gasteiger charge is -2.14. The van der Waals surface area contributed by atoms with Crippen LogP contribution in [0.1, 0.15) is 16.1 Å².